The molecule has 0 atom stereocenters. The van der Waals surface area contributed by atoms with Gasteiger partial charge in [-0.3, -0.25) is 4.79 Å². The lowest BCUT2D eigenvalue weighted by Gasteiger charge is -2.20. The number of hydrogen-bond acceptors (Lipinski definition) is 4. The first-order chi connectivity index (χ1) is 8.74. The first kappa shape index (κ1) is 14.7. The number of aliphatic hydroxyl groups excluding tert-OH is 1. The van der Waals surface area contributed by atoms with E-state index in [1.807, 2.05) is 13.8 Å². The number of nitrogens with zero attached hydrogens (tertiary/aromatic N) is 1. The minimum Gasteiger partial charge on any atom is -0.469 e. The van der Waals surface area contributed by atoms with Crippen molar-refractivity contribution < 1.29 is 19.1 Å². The summed E-state index contributed by atoms with van der Waals surface area (Å²) in [5.74, 6) is 0.686. The lowest BCUT2D eigenvalue weighted by Crippen LogP contribution is -2.34. The molecule has 1 aromatic rings. The average Bonchev–Trinajstić information content (AvgIpc) is 2.86. The molecule has 1 rings (SSSR count). The molecule has 0 bridgehead atoms. The number of carbonyl (C=O) groups excluding carboxylic acids is 1. The minimum atomic E-state index is -0.0318. The third-order valence-corrected chi connectivity index (χ3v) is 2.71. The molecule has 0 radical (unpaired) electrons. The van der Waals surface area contributed by atoms with Crippen molar-refractivity contribution in [1.82, 2.24) is 4.90 Å². The molecule has 102 valence electrons. The summed E-state index contributed by atoms with van der Waals surface area (Å²) in [6.07, 6.45) is 2.24. The van der Waals surface area contributed by atoms with Crippen LogP contribution in [0.4, 0.5) is 0 Å². The molecular weight excluding hydrogens is 234 g/mol. The molecule has 0 unspecified atom stereocenters. The Hall–Kier alpha value is -1.33. The van der Waals surface area contributed by atoms with E-state index in [-0.39, 0.29) is 12.5 Å². The summed E-state index contributed by atoms with van der Waals surface area (Å²) in [6.45, 7) is 5.75. The third-order valence-electron chi connectivity index (χ3n) is 2.71. The second kappa shape index (κ2) is 7.89. The van der Waals surface area contributed by atoms with Gasteiger partial charge in [0.25, 0.3) is 5.91 Å². The highest BCUT2D eigenvalue weighted by molar-refractivity contribution is 5.95. The number of aryl methyl sites for hydroxylation is 1. The molecule has 0 aliphatic carbocycles. The Labute approximate surface area is 107 Å². The monoisotopic (exact) mass is 255 g/mol. The third kappa shape index (κ3) is 3.85. The summed E-state index contributed by atoms with van der Waals surface area (Å²) >= 11 is 0. The number of amides is 1. The predicted molar refractivity (Wildman–Crippen MR) is 67.6 cm³/mol. The molecule has 0 aliphatic heterocycles. The zero-order valence-corrected chi connectivity index (χ0v) is 11.0. The molecule has 1 amide bonds. The molecular formula is C13H21NO4. The zero-order valence-electron chi connectivity index (χ0n) is 11.0. The molecule has 5 nitrogen and oxygen atoms in total. The molecule has 0 spiro atoms. The first-order valence-corrected chi connectivity index (χ1v) is 6.28. The van der Waals surface area contributed by atoms with E-state index in [0.29, 0.717) is 38.3 Å². The SMILES string of the molecule is CCc1occc1C(=O)N(CC)CCOCCO. The number of rotatable bonds is 8. The van der Waals surface area contributed by atoms with Gasteiger partial charge in [-0.1, -0.05) is 6.92 Å². The number of hydrogen-bond donors (Lipinski definition) is 1. The Balaban J connectivity index is 2.56. The zero-order chi connectivity index (χ0) is 13.4. The van der Waals surface area contributed by atoms with Crippen LogP contribution in [-0.4, -0.2) is 48.8 Å². The highest BCUT2D eigenvalue weighted by Gasteiger charge is 2.18. The van der Waals surface area contributed by atoms with Crippen molar-refractivity contribution in [1.29, 1.82) is 0 Å². The maximum absolute atomic E-state index is 12.2. The van der Waals surface area contributed by atoms with Crippen LogP contribution in [0.3, 0.4) is 0 Å². The summed E-state index contributed by atoms with van der Waals surface area (Å²) in [5.41, 5.74) is 0.626. The number of aliphatic hydroxyl groups is 1. The number of carbonyl (C=O) groups is 1. The van der Waals surface area contributed by atoms with Gasteiger partial charge in [-0.05, 0) is 13.0 Å². The highest BCUT2D eigenvalue weighted by atomic mass is 16.5. The Morgan fingerprint density at radius 2 is 2.22 bits per heavy atom. The van der Waals surface area contributed by atoms with Gasteiger partial charge in [-0.15, -0.1) is 0 Å². The molecule has 5 heteroatoms. The van der Waals surface area contributed by atoms with Crippen LogP contribution in [0.1, 0.15) is 30.0 Å². The predicted octanol–water partition coefficient (Wildman–Crippen LogP) is 1.31. The van der Waals surface area contributed by atoms with E-state index in [9.17, 15) is 4.79 Å². The van der Waals surface area contributed by atoms with E-state index >= 15 is 0 Å². The molecule has 0 fully saturated rings. The van der Waals surface area contributed by atoms with Crippen molar-refractivity contribution >= 4 is 5.91 Å². The van der Waals surface area contributed by atoms with E-state index in [2.05, 4.69) is 0 Å². The van der Waals surface area contributed by atoms with Gasteiger partial charge < -0.3 is 19.2 Å². The van der Waals surface area contributed by atoms with Gasteiger partial charge in [0.15, 0.2) is 0 Å². The van der Waals surface area contributed by atoms with Gasteiger partial charge in [0.2, 0.25) is 0 Å². The largest absolute Gasteiger partial charge is 0.469 e. The minimum absolute atomic E-state index is 0.00177. The summed E-state index contributed by atoms with van der Waals surface area (Å²) in [5, 5.41) is 8.60. The van der Waals surface area contributed by atoms with Crippen molar-refractivity contribution in [3.63, 3.8) is 0 Å². The van der Waals surface area contributed by atoms with Crippen LogP contribution in [0.5, 0.6) is 0 Å². The lowest BCUT2D eigenvalue weighted by molar-refractivity contribution is 0.0577. The maximum atomic E-state index is 12.2. The molecule has 1 heterocycles. The van der Waals surface area contributed by atoms with E-state index in [1.165, 1.54) is 0 Å². The van der Waals surface area contributed by atoms with Crippen LogP contribution in [0.25, 0.3) is 0 Å². The molecule has 0 aliphatic rings. The molecule has 1 N–H and O–H groups in total. The van der Waals surface area contributed by atoms with Crippen molar-refractivity contribution in [3.8, 4) is 0 Å². The second-order valence-electron chi connectivity index (χ2n) is 3.83. The van der Waals surface area contributed by atoms with Crippen LogP contribution in [-0.2, 0) is 11.2 Å². The fraction of sp³-hybridized carbons (Fsp3) is 0.615. The first-order valence-electron chi connectivity index (χ1n) is 6.28. The van der Waals surface area contributed by atoms with Crippen LogP contribution in [0.15, 0.2) is 16.7 Å². The topological polar surface area (TPSA) is 62.9 Å². The van der Waals surface area contributed by atoms with Crippen molar-refractivity contribution in [2.45, 2.75) is 20.3 Å². The van der Waals surface area contributed by atoms with Gasteiger partial charge in [-0.2, -0.15) is 0 Å². The fourth-order valence-corrected chi connectivity index (χ4v) is 1.72. The second-order valence-corrected chi connectivity index (χ2v) is 3.83. The maximum Gasteiger partial charge on any atom is 0.257 e. The van der Waals surface area contributed by atoms with Crippen molar-refractivity contribution in [3.05, 3.63) is 23.7 Å². The van der Waals surface area contributed by atoms with Crippen molar-refractivity contribution in [2.75, 3.05) is 32.9 Å². The summed E-state index contributed by atoms with van der Waals surface area (Å²) in [7, 11) is 0. The van der Waals surface area contributed by atoms with Gasteiger partial charge in [0, 0.05) is 19.5 Å². The summed E-state index contributed by atoms with van der Waals surface area (Å²) in [6, 6.07) is 1.71. The number of ether oxygens (including phenoxy) is 1. The van der Waals surface area contributed by atoms with Crippen molar-refractivity contribution in [2.24, 2.45) is 0 Å². The standard InChI is InChI=1S/C13H21NO4/c1-3-12-11(5-8-18-12)13(16)14(4-2)6-9-17-10-7-15/h5,8,15H,3-4,6-7,9-10H2,1-2H3. The lowest BCUT2D eigenvalue weighted by atomic mass is 10.2. The average molecular weight is 255 g/mol. The van der Waals surface area contributed by atoms with E-state index in [1.54, 1.807) is 17.2 Å². The Kier molecular flexibility index (Phi) is 6.46. The van der Waals surface area contributed by atoms with Crippen LogP contribution < -0.4 is 0 Å². The van der Waals surface area contributed by atoms with E-state index in [4.69, 9.17) is 14.3 Å². The smallest absolute Gasteiger partial charge is 0.257 e. The summed E-state index contributed by atoms with van der Waals surface area (Å²) < 4.78 is 10.4. The van der Waals surface area contributed by atoms with Gasteiger partial charge in [0.1, 0.15) is 5.76 Å². The van der Waals surface area contributed by atoms with E-state index < -0.39 is 0 Å². The fourth-order valence-electron chi connectivity index (χ4n) is 1.72. The quantitative estimate of drug-likeness (QED) is 0.711. The molecule has 0 saturated heterocycles. The van der Waals surface area contributed by atoms with E-state index in [0.717, 1.165) is 5.76 Å². The Bertz CT molecular complexity index is 362. The van der Waals surface area contributed by atoms with Crippen LogP contribution >= 0.6 is 0 Å². The number of furan rings is 1. The molecule has 18 heavy (non-hydrogen) atoms. The Morgan fingerprint density at radius 1 is 1.44 bits per heavy atom. The van der Waals surface area contributed by atoms with Crippen LogP contribution in [0, 0.1) is 0 Å². The van der Waals surface area contributed by atoms with Gasteiger partial charge >= 0.3 is 0 Å². The normalized spacial score (nSPS) is 10.6. The molecule has 0 aromatic carbocycles. The van der Waals surface area contributed by atoms with Gasteiger partial charge in [0.05, 0.1) is 31.6 Å². The van der Waals surface area contributed by atoms with Gasteiger partial charge in [-0.25, -0.2) is 0 Å². The van der Waals surface area contributed by atoms with Crippen LogP contribution in [0.2, 0.25) is 0 Å². The molecule has 0 saturated carbocycles. The molecule has 1 aromatic heterocycles. The highest BCUT2D eigenvalue weighted by Crippen LogP contribution is 2.13. The number of likely N-dealkylation sites (N-methyl/N-ethyl adjacent to an activating group) is 1. The summed E-state index contributed by atoms with van der Waals surface area (Å²) in [4.78, 5) is 14.0. The Morgan fingerprint density at radius 3 is 2.83 bits per heavy atom.